The van der Waals surface area contributed by atoms with Crippen LogP contribution in [0.2, 0.25) is 0 Å². The van der Waals surface area contributed by atoms with Crippen LogP contribution in [0.4, 0.5) is 15.3 Å². The quantitative estimate of drug-likeness (QED) is 0.173. The zero-order valence-electron chi connectivity index (χ0n) is 41.2. The highest BCUT2D eigenvalue weighted by molar-refractivity contribution is 6.05. The van der Waals surface area contributed by atoms with Gasteiger partial charge in [0.1, 0.15) is 17.9 Å². The highest BCUT2D eigenvalue weighted by Gasteiger charge is 2.44. The third-order valence-electron chi connectivity index (χ3n) is 15.7. The molecule has 3 fully saturated rings. The molecule has 0 bridgehead atoms. The average Bonchev–Trinajstić information content (AvgIpc) is 4.19. The van der Waals surface area contributed by atoms with E-state index in [2.05, 4.69) is 84.4 Å². The van der Waals surface area contributed by atoms with E-state index in [-0.39, 0.29) is 35.7 Å². The van der Waals surface area contributed by atoms with Gasteiger partial charge in [0.15, 0.2) is 0 Å². The molecule has 68 heavy (non-hydrogen) atoms. The molecule has 13 nitrogen and oxygen atoms in total. The first-order valence-electron chi connectivity index (χ1n) is 24.9. The number of likely N-dealkylation sites (tertiary alicyclic amines) is 2. The van der Waals surface area contributed by atoms with Crippen LogP contribution < -0.4 is 16.0 Å². The summed E-state index contributed by atoms with van der Waals surface area (Å²) in [5.74, 6) is 0.385. The number of ether oxygens (including phenoxy) is 2. The van der Waals surface area contributed by atoms with Crippen molar-refractivity contribution in [2.75, 3.05) is 32.6 Å². The topological polar surface area (TPSA) is 154 Å². The van der Waals surface area contributed by atoms with Crippen LogP contribution in [0.1, 0.15) is 122 Å². The fourth-order valence-electron chi connectivity index (χ4n) is 12.1. The number of carbonyl (C=O) groups is 4. The maximum atomic E-state index is 14.1. The number of alkyl carbamates (subject to hydrolysis) is 2. The summed E-state index contributed by atoms with van der Waals surface area (Å²) in [5.41, 5.74) is 13.1. The van der Waals surface area contributed by atoms with Gasteiger partial charge in [-0.3, -0.25) is 19.6 Å². The lowest BCUT2D eigenvalue weighted by molar-refractivity contribution is -0.134. The minimum atomic E-state index is -0.700. The first kappa shape index (κ1) is 47.1. The second-order valence-electron chi connectivity index (χ2n) is 21.2. The maximum Gasteiger partial charge on any atom is 0.407 e. The van der Waals surface area contributed by atoms with Crippen LogP contribution >= 0.6 is 0 Å². The molecule has 0 radical (unpaired) electrons. The number of hydrogen-bond donors (Lipinski definition) is 3. The van der Waals surface area contributed by atoms with E-state index in [0.29, 0.717) is 24.9 Å². The smallest absolute Gasteiger partial charge is 0.407 e. The SMILES string of the molecule is COC(=O)N[C@H](C(=O)N1CCCC1C1=NC(C)(C)c2ccc(-c3ccc(-c4ccc(C5=CN=C([C@@H]6CCCN6C(=O)[C@@H](NC(=O)OC)C(C)C)C5)cc4)c4c3CC3(CCCC3)C4)cc2N1)C(C)C. The Morgan fingerprint density at radius 2 is 1.24 bits per heavy atom. The Hall–Kier alpha value is -5.98. The highest BCUT2D eigenvalue weighted by Crippen LogP contribution is 2.53. The monoisotopic (exact) mass is 924 g/mol. The van der Waals surface area contributed by atoms with E-state index in [1.807, 2.05) is 43.7 Å². The summed E-state index contributed by atoms with van der Waals surface area (Å²) in [6.07, 6.45) is 12.0. The zero-order chi connectivity index (χ0) is 48.1. The Bertz CT molecular complexity index is 2570. The summed E-state index contributed by atoms with van der Waals surface area (Å²) in [4.78, 5) is 66.1. The summed E-state index contributed by atoms with van der Waals surface area (Å²) in [7, 11) is 2.63. The third-order valence-corrected chi connectivity index (χ3v) is 15.7. The van der Waals surface area contributed by atoms with Gasteiger partial charge >= 0.3 is 12.2 Å². The van der Waals surface area contributed by atoms with Crippen molar-refractivity contribution in [2.24, 2.45) is 27.2 Å². The lowest BCUT2D eigenvalue weighted by Crippen LogP contribution is -2.55. The number of hydrogen-bond acceptors (Lipinski definition) is 9. The van der Waals surface area contributed by atoms with E-state index in [9.17, 15) is 19.2 Å². The number of nitrogens with one attached hydrogen (secondary N) is 3. The number of methoxy groups -OCH3 is 2. The number of aliphatic imine (C=N–C) groups is 2. The normalized spacial score (nSPS) is 22.0. The minimum absolute atomic E-state index is 0.0854. The van der Waals surface area contributed by atoms with Gasteiger partial charge in [-0.2, -0.15) is 0 Å². The molecule has 1 saturated carbocycles. The summed E-state index contributed by atoms with van der Waals surface area (Å²) in [6.45, 7) is 13.3. The van der Waals surface area contributed by atoms with E-state index in [4.69, 9.17) is 19.5 Å². The van der Waals surface area contributed by atoms with Gasteiger partial charge in [-0.1, -0.05) is 89.1 Å². The number of anilines is 1. The molecular formula is C55H69N7O6. The first-order valence-corrected chi connectivity index (χ1v) is 24.9. The van der Waals surface area contributed by atoms with Crippen molar-refractivity contribution in [1.82, 2.24) is 20.4 Å². The molecule has 3 aromatic carbocycles. The molecule has 6 aliphatic rings. The number of fused-ring (bicyclic) bond motifs is 2. The van der Waals surface area contributed by atoms with Gasteiger partial charge < -0.3 is 35.2 Å². The molecule has 2 aliphatic carbocycles. The number of carbonyl (C=O) groups excluding carboxylic acids is 4. The molecule has 0 aromatic heterocycles. The van der Waals surface area contributed by atoms with Gasteiger partial charge in [-0.25, -0.2) is 9.59 Å². The Morgan fingerprint density at radius 1 is 0.706 bits per heavy atom. The number of amides is 4. The first-order chi connectivity index (χ1) is 32.6. The van der Waals surface area contributed by atoms with Crippen LogP contribution in [-0.4, -0.2) is 96.8 Å². The summed E-state index contributed by atoms with van der Waals surface area (Å²) < 4.78 is 9.69. The van der Waals surface area contributed by atoms with Gasteiger partial charge in [0.05, 0.1) is 31.8 Å². The number of rotatable bonds is 11. The molecule has 2 saturated heterocycles. The Kier molecular flexibility index (Phi) is 13.0. The van der Waals surface area contributed by atoms with Crippen LogP contribution in [-0.2, 0) is 37.4 Å². The molecule has 4 heterocycles. The summed E-state index contributed by atoms with van der Waals surface area (Å²) >= 11 is 0. The standard InChI is InChI=1S/C55H69N7O6/c1-32(2)47(58-52(65)67-7)50(63)61-25-11-13-45(61)44-28-37(31-56-44)34-15-17-35(18-16-34)38-20-21-39(41-30-55(29-40(38)41)23-9-10-24-55)36-19-22-42-43(27-36)57-49(60-54(42,5)6)46-14-12-26-62(46)51(64)48(33(3)4)59-53(66)68-8/h15-22,27,31-33,45-48H,9-14,23-26,28-30H2,1-8H3,(H,57,60)(H,58,65)(H,59,66)/t45-,46?,47-,48-/m0/s1. The molecule has 4 aliphatic heterocycles. The number of nitrogens with zero attached hydrogens (tertiary/aromatic N) is 4. The zero-order valence-corrected chi connectivity index (χ0v) is 41.2. The van der Waals surface area contributed by atoms with Gasteiger partial charge in [0, 0.05) is 42.7 Å². The van der Waals surface area contributed by atoms with Crippen molar-refractivity contribution in [3.8, 4) is 22.3 Å². The molecule has 360 valence electrons. The number of amidine groups is 1. The maximum absolute atomic E-state index is 14.1. The molecule has 1 spiro atoms. The van der Waals surface area contributed by atoms with Crippen LogP contribution in [0.15, 0.2) is 70.8 Å². The van der Waals surface area contributed by atoms with E-state index in [0.717, 1.165) is 72.5 Å². The summed E-state index contributed by atoms with van der Waals surface area (Å²) in [5, 5.41) is 9.26. The molecule has 13 heteroatoms. The molecular weight excluding hydrogens is 855 g/mol. The van der Waals surface area contributed by atoms with Gasteiger partial charge in [0.2, 0.25) is 11.8 Å². The van der Waals surface area contributed by atoms with Crippen LogP contribution in [0.3, 0.4) is 0 Å². The average molecular weight is 924 g/mol. The predicted octanol–water partition coefficient (Wildman–Crippen LogP) is 9.67. The van der Waals surface area contributed by atoms with Crippen LogP contribution in [0.25, 0.3) is 27.8 Å². The van der Waals surface area contributed by atoms with E-state index >= 15 is 0 Å². The molecule has 3 aromatic rings. The second-order valence-corrected chi connectivity index (χ2v) is 21.2. The summed E-state index contributed by atoms with van der Waals surface area (Å²) in [6, 6.07) is 18.7. The van der Waals surface area contributed by atoms with Crippen molar-refractivity contribution < 1.29 is 28.7 Å². The molecule has 9 rings (SSSR count). The van der Waals surface area contributed by atoms with Crippen molar-refractivity contribution >= 4 is 46.8 Å². The van der Waals surface area contributed by atoms with Crippen molar-refractivity contribution in [1.29, 1.82) is 0 Å². The minimum Gasteiger partial charge on any atom is -0.453 e. The van der Waals surface area contributed by atoms with Crippen molar-refractivity contribution in [2.45, 2.75) is 142 Å². The Balaban J connectivity index is 0.949. The predicted molar refractivity (Wildman–Crippen MR) is 268 cm³/mol. The highest BCUT2D eigenvalue weighted by atomic mass is 16.5. The van der Waals surface area contributed by atoms with E-state index in [1.54, 1.807) is 0 Å². The molecule has 1 unspecified atom stereocenters. The second kappa shape index (κ2) is 18.8. The molecule has 4 atom stereocenters. The van der Waals surface area contributed by atoms with Crippen molar-refractivity contribution in [3.05, 3.63) is 83.1 Å². The Labute approximate surface area is 401 Å². The van der Waals surface area contributed by atoms with Crippen LogP contribution in [0.5, 0.6) is 0 Å². The fraction of sp³-hybridized carbons (Fsp3) is 0.527. The molecule has 3 N–H and O–H groups in total. The third kappa shape index (κ3) is 8.93. The van der Waals surface area contributed by atoms with Crippen LogP contribution in [0, 0.1) is 17.3 Å². The number of benzene rings is 3. The van der Waals surface area contributed by atoms with Gasteiger partial charge in [-0.05, 0) is 133 Å². The largest absolute Gasteiger partial charge is 0.453 e. The Morgan fingerprint density at radius 3 is 1.81 bits per heavy atom. The fourth-order valence-corrected chi connectivity index (χ4v) is 12.1. The lowest BCUT2D eigenvalue weighted by atomic mass is 9.82. The van der Waals surface area contributed by atoms with Crippen molar-refractivity contribution in [3.63, 3.8) is 0 Å². The lowest BCUT2D eigenvalue weighted by Gasteiger charge is -2.37. The van der Waals surface area contributed by atoms with E-state index < -0.39 is 29.8 Å². The van der Waals surface area contributed by atoms with E-state index in [1.165, 1.54) is 73.3 Å². The molecule has 4 amide bonds. The number of allylic oxidation sites excluding steroid dienone is 1. The van der Waals surface area contributed by atoms with Gasteiger partial charge in [0.25, 0.3) is 0 Å². The van der Waals surface area contributed by atoms with Gasteiger partial charge in [-0.15, -0.1) is 0 Å².